The Bertz CT molecular complexity index is 439. The lowest BCUT2D eigenvalue weighted by atomic mass is 10.5. The molecule has 1 aromatic heterocycles. The summed E-state index contributed by atoms with van der Waals surface area (Å²) in [5.74, 6) is 7.41. The number of rotatable bonds is 9. The molecule has 0 amide bonds. The van der Waals surface area contributed by atoms with E-state index in [1.165, 1.54) is 0 Å². The molecule has 0 fully saturated rings. The van der Waals surface area contributed by atoms with Crippen LogP contribution in [0.1, 0.15) is 20.3 Å². The summed E-state index contributed by atoms with van der Waals surface area (Å²) in [5, 5.41) is 3.10. The van der Waals surface area contributed by atoms with Crippen molar-refractivity contribution in [2.45, 2.75) is 20.3 Å². The molecule has 4 N–H and O–H groups in total. The third-order valence-electron chi connectivity index (χ3n) is 2.69. The molecule has 0 bridgehead atoms. The van der Waals surface area contributed by atoms with E-state index in [1.54, 1.807) is 6.26 Å². The zero-order valence-corrected chi connectivity index (χ0v) is 13.0. The highest BCUT2D eigenvalue weighted by Gasteiger charge is 2.10. The second-order valence-corrected chi connectivity index (χ2v) is 5.71. The summed E-state index contributed by atoms with van der Waals surface area (Å²) < 4.78 is 11.0. The molecule has 0 saturated carbocycles. The average Bonchev–Trinajstić information content (AvgIpc) is 2.44. The number of hydrogen-bond acceptors (Lipinski definition) is 8. The minimum absolute atomic E-state index is 0.323. The average molecular weight is 301 g/mol. The molecule has 1 heterocycles. The van der Waals surface area contributed by atoms with Crippen LogP contribution < -0.4 is 21.5 Å². The predicted molar refractivity (Wildman–Crippen MR) is 83.2 cm³/mol. The number of nitrogens with one attached hydrogen (secondary N) is 2. The maximum absolute atomic E-state index is 11.0. The molecule has 9 heteroatoms. The van der Waals surface area contributed by atoms with E-state index in [9.17, 15) is 4.21 Å². The third-order valence-corrected chi connectivity index (χ3v) is 3.55. The molecule has 0 aromatic carbocycles. The Labute approximate surface area is 122 Å². The predicted octanol–water partition coefficient (Wildman–Crippen LogP) is 0.184. The van der Waals surface area contributed by atoms with Crippen LogP contribution in [0.15, 0.2) is 0 Å². The number of nitrogens with zero attached hydrogens (tertiary/aromatic N) is 4. The lowest BCUT2D eigenvalue weighted by Crippen LogP contribution is -2.26. The van der Waals surface area contributed by atoms with Gasteiger partial charge in [0.1, 0.15) is 0 Å². The van der Waals surface area contributed by atoms with Crippen molar-refractivity contribution >= 4 is 28.6 Å². The Morgan fingerprint density at radius 3 is 2.40 bits per heavy atom. The van der Waals surface area contributed by atoms with Crippen LogP contribution in [-0.4, -0.2) is 50.8 Å². The number of nitrogens with two attached hydrogens (primary N) is 1. The van der Waals surface area contributed by atoms with E-state index in [0.29, 0.717) is 30.1 Å². The molecular formula is C11H23N7OS. The van der Waals surface area contributed by atoms with Crippen LogP contribution in [0.25, 0.3) is 0 Å². The molecule has 1 atom stereocenters. The number of anilines is 3. The van der Waals surface area contributed by atoms with E-state index in [-0.39, 0.29) is 0 Å². The molecule has 0 saturated heterocycles. The van der Waals surface area contributed by atoms with E-state index >= 15 is 0 Å². The van der Waals surface area contributed by atoms with E-state index in [1.807, 2.05) is 18.7 Å². The molecular weight excluding hydrogens is 278 g/mol. The van der Waals surface area contributed by atoms with Gasteiger partial charge < -0.3 is 10.2 Å². The molecule has 20 heavy (non-hydrogen) atoms. The van der Waals surface area contributed by atoms with Crippen LogP contribution in [0.3, 0.4) is 0 Å². The van der Waals surface area contributed by atoms with Crippen molar-refractivity contribution in [1.29, 1.82) is 0 Å². The fraction of sp³-hybridized carbons (Fsp3) is 0.727. The Morgan fingerprint density at radius 2 is 1.85 bits per heavy atom. The minimum atomic E-state index is -0.778. The summed E-state index contributed by atoms with van der Waals surface area (Å²) in [5.41, 5.74) is 2.44. The molecule has 114 valence electrons. The number of aromatic nitrogens is 3. The zero-order valence-electron chi connectivity index (χ0n) is 12.2. The van der Waals surface area contributed by atoms with Gasteiger partial charge in [-0.2, -0.15) is 15.0 Å². The second kappa shape index (κ2) is 8.64. The van der Waals surface area contributed by atoms with Gasteiger partial charge in [-0.1, -0.05) is 0 Å². The standard InChI is InChI=1S/C11H23N7OS/c1-4-18(5-2)11-15-9(14-10(16-11)17-12)13-7-6-8-20(3)19/h4-8,12H2,1-3H3,(H2,13,14,15,16,17). The topological polar surface area (TPSA) is 109 Å². The smallest absolute Gasteiger partial charge is 0.243 e. The van der Waals surface area contributed by atoms with Crippen molar-refractivity contribution in [3.63, 3.8) is 0 Å². The normalized spacial score (nSPS) is 12.0. The van der Waals surface area contributed by atoms with Crippen LogP contribution in [0.4, 0.5) is 17.8 Å². The van der Waals surface area contributed by atoms with E-state index < -0.39 is 10.8 Å². The number of hydrogen-bond donors (Lipinski definition) is 3. The lowest BCUT2D eigenvalue weighted by molar-refractivity contribution is 0.685. The molecule has 0 radical (unpaired) electrons. The monoisotopic (exact) mass is 301 g/mol. The van der Waals surface area contributed by atoms with Crippen LogP contribution >= 0.6 is 0 Å². The van der Waals surface area contributed by atoms with Crippen LogP contribution in [0.2, 0.25) is 0 Å². The maximum atomic E-state index is 11.0. The van der Waals surface area contributed by atoms with Gasteiger partial charge in [0.2, 0.25) is 17.8 Å². The SMILES string of the molecule is CCN(CC)c1nc(NN)nc(NCCCS(C)=O)n1. The van der Waals surface area contributed by atoms with Crippen molar-refractivity contribution in [3.8, 4) is 0 Å². The van der Waals surface area contributed by atoms with Gasteiger partial charge in [-0.3, -0.25) is 9.63 Å². The highest BCUT2D eigenvalue weighted by molar-refractivity contribution is 7.84. The highest BCUT2D eigenvalue weighted by Crippen LogP contribution is 2.12. The van der Waals surface area contributed by atoms with Gasteiger partial charge in [-0.15, -0.1) is 0 Å². The van der Waals surface area contributed by atoms with Crippen LogP contribution in [-0.2, 0) is 10.8 Å². The summed E-state index contributed by atoms with van der Waals surface area (Å²) in [6, 6.07) is 0. The van der Waals surface area contributed by atoms with Crippen LogP contribution in [0.5, 0.6) is 0 Å². The first-order chi connectivity index (χ1) is 9.60. The van der Waals surface area contributed by atoms with Gasteiger partial charge >= 0.3 is 0 Å². The first-order valence-electron chi connectivity index (χ1n) is 6.62. The Balaban J connectivity index is 2.74. The van der Waals surface area contributed by atoms with Gasteiger partial charge in [-0.05, 0) is 20.3 Å². The summed E-state index contributed by atoms with van der Waals surface area (Å²) in [6.07, 6.45) is 2.48. The summed E-state index contributed by atoms with van der Waals surface area (Å²) in [6.45, 7) is 6.34. The quantitative estimate of drug-likeness (QED) is 0.337. The molecule has 0 aliphatic carbocycles. The van der Waals surface area contributed by atoms with Crippen molar-refractivity contribution in [3.05, 3.63) is 0 Å². The van der Waals surface area contributed by atoms with Crippen LogP contribution in [0, 0.1) is 0 Å². The first kappa shape index (κ1) is 16.6. The van der Waals surface area contributed by atoms with Gasteiger partial charge in [0, 0.05) is 42.4 Å². The van der Waals surface area contributed by atoms with Gasteiger partial charge in [0.15, 0.2) is 0 Å². The van der Waals surface area contributed by atoms with Gasteiger partial charge in [0.05, 0.1) is 0 Å². The fourth-order valence-electron chi connectivity index (χ4n) is 1.63. The Morgan fingerprint density at radius 1 is 1.20 bits per heavy atom. The molecule has 1 rings (SSSR count). The molecule has 1 unspecified atom stereocenters. The highest BCUT2D eigenvalue weighted by atomic mass is 32.2. The number of nitrogen functional groups attached to an aromatic ring is 1. The van der Waals surface area contributed by atoms with E-state index in [4.69, 9.17) is 5.84 Å². The fourth-order valence-corrected chi connectivity index (χ4v) is 2.18. The van der Waals surface area contributed by atoms with Crippen molar-refractivity contribution in [1.82, 2.24) is 15.0 Å². The molecule has 0 aliphatic heterocycles. The van der Waals surface area contributed by atoms with Gasteiger partial charge in [0.25, 0.3) is 0 Å². The largest absolute Gasteiger partial charge is 0.354 e. The molecule has 0 spiro atoms. The lowest BCUT2D eigenvalue weighted by Gasteiger charge is -2.19. The molecule has 8 nitrogen and oxygen atoms in total. The van der Waals surface area contributed by atoms with Crippen molar-refractivity contribution in [2.24, 2.45) is 5.84 Å². The summed E-state index contributed by atoms with van der Waals surface area (Å²) in [7, 11) is -0.778. The zero-order chi connectivity index (χ0) is 15.0. The Hall–Kier alpha value is -1.48. The van der Waals surface area contributed by atoms with Gasteiger partial charge in [-0.25, -0.2) is 5.84 Å². The Kier molecular flexibility index (Phi) is 7.16. The third kappa shape index (κ3) is 5.25. The van der Waals surface area contributed by atoms with E-state index in [2.05, 4.69) is 25.7 Å². The van der Waals surface area contributed by atoms with E-state index in [0.717, 1.165) is 19.5 Å². The minimum Gasteiger partial charge on any atom is -0.354 e. The number of hydrazine groups is 1. The maximum Gasteiger partial charge on any atom is 0.243 e. The molecule has 0 aliphatic rings. The first-order valence-corrected chi connectivity index (χ1v) is 8.34. The van der Waals surface area contributed by atoms with Crippen molar-refractivity contribution < 1.29 is 4.21 Å². The second-order valence-electron chi connectivity index (χ2n) is 4.16. The molecule has 1 aromatic rings. The van der Waals surface area contributed by atoms with Crippen molar-refractivity contribution in [2.75, 3.05) is 47.3 Å². The summed E-state index contributed by atoms with van der Waals surface area (Å²) >= 11 is 0. The summed E-state index contributed by atoms with van der Waals surface area (Å²) in [4.78, 5) is 14.7.